The highest BCUT2D eigenvalue weighted by Crippen LogP contribution is 2.36. The Morgan fingerprint density at radius 3 is 3.00 bits per heavy atom. The zero-order chi connectivity index (χ0) is 10.2. The Morgan fingerprint density at radius 1 is 1.50 bits per heavy atom. The number of pyridine rings is 1. The summed E-state index contributed by atoms with van der Waals surface area (Å²) in [4.78, 5) is 14.7. The molecular weight excluding hydrogens is 176 g/mol. The summed E-state index contributed by atoms with van der Waals surface area (Å²) in [5, 5.41) is 2.91. The molecule has 0 saturated carbocycles. The van der Waals surface area contributed by atoms with E-state index in [2.05, 4.69) is 24.0 Å². The molecule has 1 heterocycles. The van der Waals surface area contributed by atoms with Crippen LogP contribution in [0.3, 0.4) is 0 Å². The molecule has 0 fully saturated rings. The monoisotopic (exact) mass is 190 g/mol. The predicted octanol–water partition coefficient (Wildman–Crippen LogP) is 3.09. The SMILES string of the molecule is CC1(C)CCCc2cc(N=O)cnc21. The van der Waals surface area contributed by atoms with Crippen LogP contribution in [-0.2, 0) is 11.8 Å². The molecule has 0 N–H and O–H groups in total. The van der Waals surface area contributed by atoms with Crippen molar-refractivity contribution in [1.82, 2.24) is 4.98 Å². The molecule has 0 aromatic carbocycles. The van der Waals surface area contributed by atoms with Gasteiger partial charge >= 0.3 is 0 Å². The molecule has 0 radical (unpaired) electrons. The molecule has 14 heavy (non-hydrogen) atoms. The van der Waals surface area contributed by atoms with Gasteiger partial charge in [-0.15, -0.1) is 4.91 Å². The van der Waals surface area contributed by atoms with E-state index in [1.807, 2.05) is 6.07 Å². The first-order valence-electron chi connectivity index (χ1n) is 4.96. The van der Waals surface area contributed by atoms with Gasteiger partial charge in [0.05, 0.1) is 6.20 Å². The standard InChI is InChI=1S/C11H14N2O/c1-11(2)5-3-4-8-6-9(13-14)7-12-10(8)11/h6-7H,3-5H2,1-2H3. The second-order valence-electron chi connectivity index (χ2n) is 4.53. The van der Waals surface area contributed by atoms with Crippen molar-refractivity contribution < 1.29 is 0 Å². The van der Waals surface area contributed by atoms with Gasteiger partial charge in [0, 0.05) is 11.1 Å². The second kappa shape index (κ2) is 3.15. The molecule has 0 amide bonds. The second-order valence-corrected chi connectivity index (χ2v) is 4.53. The Bertz CT molecular complexity index is 372. The summed E-state index contributed by atoms with van der Waals surface area (Å²) in [6.45, 7) is 4.40. The van der Waals surface area contributed by atoms with Crippen LogP contribution >= 0.6 is 0 Å². The number of nitrogens with zero attached hydrogens (tertiary/aromatic N) is 2. The molecule has 74 valence electrons. The maximum Gasteiger partial charge on any atom is 0.126 e. The smallest absolute Gasteiger partial charge is 0.126 e. The van der Waals surface area contributed by atoms with E-state index in [0.717, 1.165) is 12.1 Å². The minimum atomic E-state index is 0.148. The molecule has 0 unspecified atom stereocenters. The first-order chi connectivity index (χ1) is 6.63. The zero-order valence-corrected chi connectivity index (χ0v) is 8.58. The molecule has 1 aromatic rings. The average Bonchev–Trinajstić information content (AvgIpc) is 2.16. The number of hydrogen-bond acceptors (Lipinski definition) is 3. The van der Waals surface area contributed by atoms with Gasteiger partial charge in [-0.3, -0.25) is 4.98 Å². The fourth-order valence-electron chi connectivity index (χ4n) is 2.19. The molecule has 3 heteroatoms. The summed E-state index contributed by atoms with van der Waals surface area (Å²) in [7, 11) is 0. The van der Waals surface area contributed by atoms with E-state index in [1.165, 1.54) is 18.4 Å². The van der Waals surface area contributed by atoms with Crippen LogP contribution in [0.1, 0.15) is 37.9 Å². The fraction of sp³-hybridized carbons (Fsp3) is 0.545. The summed E-state index contributed by atoms with van der Waals surface area (Å²) in [6.07, 6.45) is 4.93. The Labute approximate surface area is 83.5 Å². The van der Waals surface area contributed by atoms with Crippen molar-refractivity contribution in [2.45, 2.75) is 38.5 Å². The van der Waals surface area contributed by atoms with Gasteiger partial charge in [0.15, 0.2) is 0 Å². The molecule has 2 rings (SSSR count). The molecule has 0 aliphatic heterocycles. The van der Waals surface area contributed by atoms with Gasteiger partial charge in [0.2, 0.25) is 0 Å². The number of aryl methyl sites for hydroxylation is 1. The lowest BCUT2D eigenvalue weighted by molar-refractivity contribution is 0.418. The van der Waals surface area contributed by atoms with Gasteiger partial charge in [-0.1, -0.05) is 13.8 Å². The summed E-state index contributed by atoms with van der Waals surface area (Å²) >= 11 is 0. The minimum absolute atomic E-state index is 0.148. The summed E-state index contributed by atoms with van der Waals surface area (Å²) in [5.74, 6) is 0. The van der Waals surface area contributed by atoms with Crippen LogP contribution < -0.4 is 0 Å². The predicted molar refractivity (Wildman–Crippen MR) is 55.7 cm³/mol. The molecule has 1 aliphatic carbocycles. The number of nitroso groups, excluding NO2 is 1. The number of rotatable bonds is 1. The van der Waals surface area contributed by atoms with Gasteiger partial charge < -0.3 is 0 Å². The van der Waals surface area contributed by atoms with Crippen LogP contribution in [0.15, 0.2) is 17.4 Å². The Balaban J connectivity index is 2.51. The van der Waals surface area contributed by atoms with E-state index >= 15 is 0 Å². The Hall–Kier alpha value is -1.25. The molecule has 3 nitrogen and oxygen atoms in total. The highest BCUT2D eigenvalue weighted by Gasteiger charge is 2.28. The molecule has 0 bridgehead atoms. The van der Waals surface area contributed by atoms with Crippen LogP contribution in [0.25, 0.3) is 0 Å². The highest BCUT2D eigenvalue weighted by atomic mass is 16.3. The van der Waals surface area contributed by atoms with Gasteiger partial charge in [0.1, 0.15) is 5.69 Å². The third-order valence-corrected chi connectivity index (χ3v) is 2.95. The Kier molecular flexibility index (Phi) is 2.10. The lowest BCUT2D eigenvalue weighted by Gasteiger charge is -2.30. The van der Waals surface area contributed by atoms with E-state index in [1.54, 1.807) is 6.20 Å². The number of aromatic nitrogens is 1. The minimum Gasteiger partial charge on any atom is -0.258 e. The van der Waals surface area contributed by atoms with Crippen LogP contribution in [0.4, 0.5) is 5.69 Å². The van der Waals surface area contributed by atoms with Crippen molar-refractivity contribution >= 4 is 5.69 Å². The van der Waals surface area contributed by atoms with E-state index < -0.39 is 0 Å². The van der Waals surface area contributed by atoms with E-state index in [9.17, 15) is 4.91 Å². The average molecular weight is 190 g/mol. The van der Waals surface area contributed by atoms with Crippen LogP contribution in [0.5, 0.6) is 0 Å². The largest absolute Gasteiger partial charge is 0.258 e. The summed E-state index contributed by atoms with van der Waals surface area (Å²) in [6, 6.07) is 1.87. The normalized spacial score (nSPS) is 18.7. The molecule has 0 saturated heterocycles. The van der Waals surface area contributed by atoms with Gasteiger partial charge in [-0.25, -0.2) is 0 Å². The first kappa shape index (κ1) is 9.31. The summed E-state index contributed by atoms with van der Waals surface area (Å²) in [5.41, 5.74) is 2.92. The van der Waals surface area contributed by atoms with Crippen molar-refractivity contribution in [2.75, 3.05) is 0 Å². The van der Waals surface area contributed by atoms with E-state index in [-0.39, 0.29) is 5.41 Å². The van der Waals surface area contributed by atoms with Crippen LogP contribution in [-0.4, -0.2) is 4.98 Å². The lowest BCUT2D eigenvalue weighted by Crippen LogP contribution is -2.25. The maximum absolute atomic E-state index is 10.4. The van der Waals surface area contributed by atoms with Crippen molar-refractivity contribution in [3.63, 3.8) is 0 Å². The quantitative estimate of drug-likeness (QED) is 0.638. The van der Waals surface area contributed by atoms with Gasteiger partial charge in [0.25, 0.3) is 0 Å². The van der Waals surface area contributed by atoms with Gasteiger partial charge in [-0.05, 0) is 36.1 Å². The maximum atomic E-state index is 10.4. The molecule has 1 aliphatic rings. The summed E-state index contributed by atoms with van der Waals surface area (Å²) < 4.78 is 0. The van der Waals surface area contributed by atoms with Crippen molar-refractivity contribution in [3.05, 3.63) is 28.4 Å². The van der Waals surface area contributed by atoms with Crippen molar-refractivity contribution in [2.24, 2.45) is 5.18 Å². The third-order valence-electron chi connectivity index (χ3n) is 2.95. The fourth-order valence-corrected chi connectivity index (χ4v) is 2.19. The first-order valence-corrected chi connectivity index (χ1v) is 4.96. The highest BCUT2D eigenvalue weighted by molar-refractivity contribution is 5.42. The van der Waals surface area contributed by atoms with Crippen molar-refractivity contribution in [1.29, 1.82) is 0 Å². The third kappa shape index (κ3) is 1.43. The Morgan fingerprint density at radius 2 is 2.29 bits per heavy atom. The number of fused-ring (bicyclic) bond motifs is 1. The van der Waals surface area contributed by atoms with E-state index in [4.69, 9.17) is 0 Å². The topological polar surface area (TPSA) is 42.3 Å². The number of hydrogen-bond donors (Lipinski definition) is 0. The molecule has 0 atom stereocenters. The molecule has 0 spiro atoms. The molecule has 1 aromatic heterocycles. The van der Waals surface area contributed by atoms with Crippen LogP contribution in [0.2, 0.25) is 0 Å². The van der Waals surface area contributed by atoms with Crippen molar-refractivity contribution in [3.8, 4) is 0 Å². The molecular formula is C11H14N2O. The zero-order valence-electron chi connectivity index (χ0n) is 8.58. The lowest BCUT2D eigenvalue weighted by atomic mass is 9.76. The van der Waals surface area contributed by atoms with Gasteiger partial charge in [-0.2, -0.15) is 0 Å². The van der Waals surface area contributed by atoms with Crippen LogP contribution in [0, 0.1) is 4.91 Å². The van der Waals surface area contributed by atoms with E-state index in [0.29, 0.717) is 5.69 Å².